The zero-order valence-corrected chi connectivity index (χ0v) is 23.1. The summed E-state index contributed by atoms with van der Waals surface area (Å²) >= 11 is 0. The van der Waals surface area contributed by atoms with Crippen molar-refractivity contribution in [3.63, 3.8) is 0 Å². The maximum absolute atomic E-state index is 10.1. The van der Waals surface area contributed by atoms with Gasteiger partial charge in [-0.2, -0.15) is 0 Å². The number of hydrogen-bond donors (Lipinski definition) is 0. The Morgan fingerprint density at radius 1 is 0.303 bits per heavy atom. The fraction of sp³-hybridized carbons (Fsp3) is 0.969. The van der Waals surface area contributed by atoms with Crippen LogP contribution < -0.4 is 0 Å². The normalized spacial score (nSPS) is 11.3. The zero-order chi connectivity index (χ0) is 23.9. The lowest BCUT2D eigenvalue weighted by Gasteiger charge is -2.04. The Hall–Kier alpha value is -0.330. The fourth-order valence-electron chi connectivity index (χ4n) is 5.04. The largest absolute Gasteiger partial charge is 0.291 e. The van der Waals surface area contributed by atoms with E-state index in [9.17, 15) is 4.79 Å². The smallest absolute Gasteiger partial charge is 0.198 e. The predicted molar refractivity (Wildman–Crippen MR) is 150 cm³/mol. The molecule has 0 atom stereocenters. The molecule has 0 N–H and O–H groups in total. The highest BCUT2D eigenvalue weighted by Crippen LogP contribution is 2.16. The second-order valence-electron chi connectivity index (χ2n) is 10.8. The van der Waals surface area contributed by atoms with E-state index in [1.165, 1.54) is 180 Å². The van der Waals surface area contributed by atoms with Gasteiger partial charge in [-0.15, -0.1) is 0 Å². The third-order valence-corrected chi connectivity index (χ3v) is 7.38. The van der Waals surface area contributed by atoms with Crippen molar-refractivity contribution in [2.75, 3.05) is 0 Å². The molecule has 0 aliphatic rings. The van der Waals surface area contributed by atoms with E-state index in [0.717, 1.165) is 6.42 Å². The maximum Gasteiger partial charge on any atom is 0.198 e. The average Bonchev–Trinajstić information content (AvgIpc) is 2.83. The summed E-state index contributed by atoms with van der Waals surface area (Å²) in [7, 11) is 0. The summed E-state index contributed by atoms with van der Waals surface area (Å²) < 4.78 is 0. The van der Waals surface area contributed by atoms with Crippen LogP contribution in [0.25, 0.3) is 0 Å². The highest BCUT2D eigenvalue weighted by molar-refractivity contribution is 5.50. The molecule has 197 valence electrons. The number of hydrogen-bond acceptors (Lipinski definition) is 1. The van der Waals surface area contributed by atoms with Gasteiger partial charge in [0.2, 0.25) is 0 Å². The van der Waals surface area contributed by atoms with E-state index in [1.54, 1.807) is 0 Å². The first kappa shape index (κ1) is 32.7. The van der Waals surface area contributed by atoms with Crippen molar-refractivity contribution < 1.29 is 4.79 Å². The molecule has 0 aliphatic heterocycles. The fourth-order valence-corrected chi connectivity index (χ4v) is 5.04. The Morgan fingerprint density at radius 2 is 0.485 bits per heavy atom. The van der Waals surface area contributed by atoms with Crippen molar-refractivity contribution in [1.82, 2.24) is 0 Å². The lowest BCUT2D eigenvalue weighted by molar-refractivity contribution is 0.513. The Morgan fingerprint density at radius 3 is 0.667 bits per heavy atom. The molecule has 0 saturated heterocycles. The van der Waals surface area contributed by atoms with Gasteiger partial charge in [-0.1, -0.05) is 187 Å². The van der Waals surface area contributed by atoms with Crippen LogP contribution in [-0.2, 0) is 4.79 Å². The standard InChI is InChI=1S/C32H63O/c1-2-3-4-5-6-7-8-9-10-11-12-13-14-15-16-17-18-19-20-21-22-23-24-25-26-27-28-29-30-31-32-33/h2-31H2,1H3. The van der Waals surface area contributed by atoms with Crippen LogP contribution in [0.5, 0.6) is 0 Å². The minimum atomic E-state index is 0.638. The first-order valence-corrected chi connectivity index (χ1v) is 15.8. The molecule has 0 amide bonds. The van der Waals surface area contributed by atoms with Crippen LogP contribution >= 0.6 is 0 Å². The van der Waals surface area contributed by atoms with Crippen molar-refractivity contribution >= 4 is 6.29 Å². The average molecular weight is 464 g/mol. The maximum atomic E-state index is 10.1. The Balaban J connectivity index is 2.99. The SMILES string of the molecule is CCCCCCCCCCCCCCCCCCCCCCCCCCCCCCC[C]=O. The van der Waals surface area contributed by atoms with E-state index in [4.69, 9.17) is 0 Å². The molecular formula is C32H63O. The molecule has 0 aromatic rings. The molecule has 0 aromatic heterocycles. The van der Waals surface area contributed by atoms with E-state index >= 15 is 0 Å². The minimum Gasteiger partial charge on any atom is -0.291 e. The van der Waals surface area contributed by atoms with E-state index < -0.39 is 0 Å². The highest BCUT2D eigenvalue weighted by atomic mass is 16.1. The molecule has 0 fully saturated rings. The summed E-state index contributed by atoms with van der Waals surface area (Å²) in [5.41, 5.74) is 0. The molecule has 33 heavy (non-hydrogen) atoms. The lowest BCUT2D eigenvalue weighted by atomic mass is 10.0. The predicted octanol–water partition coefficient (Wildman–Crippen LogP) is 11.8. The summed E-state index contributed by atoms with van der Waals surface area (Å²) in [6.45, 7) is 2.30. The minimum absolute atomic E-state index is 0.638. The number of unbranched alkanes of at least 4 members (excludes halogenated alkanes) is 29. The van der Waals surface area contributed by atoms with Crippen LogP contribution in [0, 0.1) is 0 Å². The van der Waals surface area contributed by atoms with Crippen LogP contribution in [0.1, 0.15) is 200 Å². The molecule has 0 rings (SSSR count). The third-order valence-electron chi connectivity index (χ3n) is 7.38. The van der Waals surface area contributed by atoms with Gasteiger partial charge >= 0.3 is 0 Å². The third kappa shape index (κ3) is 31.7. The van der Waals surface area contributed by atoms with Gasteiger partial charge in [-0.25, -0.2) is 0 Å². The van der Waals surface area contributed by atoms with Crippen molar-refractivity contribution in [2.45, 2.75) is 200 Å². The van der Waals surface area contributed by atoms with Gasteiger partial charge in [0.15, 0.2) is 6.29 Å². The van der Waals surface area contributed by atoms with E-state index in [0.29, 0.717) is 6.42 Å². The van der Waals surface area contributed by atoms with Crippen molar-refractivity contribution in [2.24, 2.45) is 0 Å². The molecule has 1 radical (unpaired) electrons. The topological polar surface area (TPSA) is 17.1 Å². The summed E-state index contributed by atoms with van der Waals surface area (Å²) in [5, 5.41) is 0. The summed E-state index contributed by atoms with van der Waals surface area (Å²) in [6, 6.07) is 0. The molecule has 1 heteroatoms. The van der Waals surface area contributed by atoms with Crippen LogP contribution in [0.3, 0.4) is 0 Å². The summed E-state index contributed by atoms with van der Waals surface area (Å²) in [6.07, 6.45) is 44.1. The van der Waals surface area contributed by atoms with Gasteiger partial charge in [0.1, 0.15) is 0 Å². The van der Waals surface area contributed by atoms with Gasteiger partial charge in [0, 0.05) is 6.42 Å². The van der Waals surface area contributed by atoms with Crippen LogP contribution in [0.15, 0.2) is 0 Å². The van der Waals surface area contributed by atoms with E-state index in [-0.39, 0.29) is 0 Å². The van der Waals surface area contributed by atoms with Crippen LogP contribution in [0.4, 0.5) is 0 Å². The number of rotatable bonds is 30. The summed E-state index contributed by atoms with van der Waals surface area (Å²) in [4.78, 5) is 10.1. The van der Waals surface area contributed by atoms with Gasteiger partial charge in [-0.3, -0.25) is 4.79 Å². The second-order valence-corrected chi connectivity index (χ2v) is 10.8. The monoisotopic (exact) mass is 463 g/mol. The molecule has 0 heterocycles. The van der Waals surface area contributed by atoms with E-state index in [1.807, 2.05) is 6.29 Å². The first-order chi connectivity index (χ1) is 16.4. The molecule has 0 spiro atoms. The van der Waals surface area contributed by atoms with Crippen LogP contribution in [-0.4, -0.2) is 6.29 Å². The highest BCUT2D eigenvalue weighted by Gasteiger charge is 1.96. The quantitative estimate of drug-likeness (QED) is 0.0967. The number of carbonyl (C=O) groups excluding carboxylic acids is 1. The molecule has 0 aliphatic carbocycles. The second kappa shape index (κ2) is 31.7. The van der Waals surface area contributed by atoms with Crippen LogP contribution in [0.2, 0.25) is 0 Å². The molecule has 0 unspecified atom stereocenters. The molecule has 0 saturated carbocycles. The molecule has 0 bridgehead atoms. The molecular weight excluding hydrogens is 400 g/mol. The Bertz CT molecular complexity index is 337. The van der Waals surface area contributed by atoms with Gasteiger partial charge in [0.05, 0.1) is 0 Å². The van der Waals surface area contributed by atoms with E-state index in [2.05, 4.69) is 6.92 Å². The zero-order valence-electron chi connectivity index (χ0n) is 23.1. The van der Waals surface area contributed by atoms with Gasteiger partial charge < -0.3 is 0 Å². The molecule has 1 nitrogen and oxygen atoms in total. The van der Waals surface area contributed by atoms with Crippen molar-refractivity contribution in [3.8, 4) is 0 Å². The van der Waals surface area contributed by atoms with Crippen molar-refractivity contribution in [1.29, 1.82) is 0 Å². The Kier molecular flexibility index (Phi) is 31.4. The summed E-state index contributed by atoms with van der Waals surface area (Å²) in [5.74, 6) is 0. The molecule has 0 aromatic carbocycles. The van der Waals surface area contributed by atoms with Gasteiger partial charge in [0.25, 0.3) is 0 Å². The lowest BCUT2D eigenvalue weighted by Crippen LogP contribution is -1.85. The first-order valence-electron chi connectivity index (χ1n) is 15.8. The van der Waals surface area contributed by atoms with Crippen molar-refractivity contribution in [3.05, 3.63) is 0 Å². The van der Waals surface area contributed by atoms with Gasteiger partial charge in [-0.05, 0) is 6.42 Å². The Labute approximate surface area is 210 Å².